The highest BCUT2D eigenvalue weighted by Gasteiger charge is 2.37. The highest BCUT2D eigenvalue weighted by molar-refractivity contribution is 7.99. The first-order chi connectivity index (χ1) is 16.3. The van der Waals surface area contributed by atoms with Crippen LogP contribution in [0, 0.1) is 0 Å². The number of carbonyl (C=O) groups is 1. The summed E-state index contributed by atoms with van der Waals surface area (Å²) in [6, 6.07) is 7.57. The second-order valence-electron chi connectivity index (χ2n) is 8.72. The Morgan fingerprint density at radius 3 is 2.61 bits per heavy atom. The van der Waals surface area contributed by atoms with Gasteiger partial charge < -0.3 is 13.7 Å². The van der Waals surface area contributed by atoms with Gasteiger partial charge in [-0.05, 0) is 56.4 Å². The van der Waals surface area contributed by atoms with Gasteiger partial charge in [0.25, 0.3) is 5.91 Å². The molecule has 0 radical (unpaired) electrons. The van der Waals surface area contributed by atoms with Gasteiger partial charge in [0.2, 0.25) is 5.95 Å². The highest BCUT2D eigenvalue weighted by Crippen LogP contribution is 2.41. The lowest BCUT2D eigenvalue weighted by Crippen LogP contribution is -2.32. The van der Waals surface area contributed by atoms with E-state index < -0.39 is 0 Å². The molecule has 9 nitrogen and oxygen atoms in total. The third kappa shape index (κ3) is 4.07. The number of furan rings is 2. The first-order valence-electron chi connectivity index (χ1n) is 11.6. The van der Waals surface area contributed by atoms with E-state index in [0.717, 1.165) is 42.7 Å². The molecule has 1 unspecified atom stereocenters. The van der Waals surface area contributed by atoms with Crippen LogP contribution in [0.15, 0.2) is 55.9 Å². The van der Waals surface area contributed by atoms with Gasteiger partial charge in [0.1, 0.15) is 23.3 Å². The van der Waals surface area contributed by atoms with Gasteiger partial charge in [0, 0.05) is 25.6 Å². The van der Waals surface area contributed by atoms with Gasteiger partial charge in [-0.1, -0.05) is 11.8 Å². The minimum atomic E-state index is -0.279. The maximum atomic E-state index is 13.3. The summed E-state index contributed by atoms with van der Waals surface area (Å²) in [5.74, 6) is 2.49. The lowest BCUT2D eigenvalue weighted by molar-refractivity contribution is -0.130. The fraction of sp³-hybridized carbons (Fsp3) is 0.478. The maximum absolute atomic E-state index is 13.3. The van der Waals surface area contributed by atoms with E-state index in [4.69, 9.17) is 8.83 Å². The molecule has 3 aliphatic rings. The zero-order valence-corrected chi connectivity index (χ0v) is 19.1. The monoisotopic (exact) mass is 466 g/mol. The molecule has 1 aliphatic carbocycles. The zero-order valence-electron chi connectivity index (χ0n) is 18.3. The maximum Gasteiger partial charge on any atom is 0.253 e. The fourth-order valence-corrected chi connectivity index (χ4v) is 5.41. The summed E-state index contributed by atoms with van der Waals surface area (Å²) in [6.07, 6.45) is 9.73. The number of hydrogen-bond donors (Lipinski definition) is 0. The van der Waals surface area contributed by atoms with Crippen molar-refractivity contribution in [3.05, 3.63) is 48.3 Å². The van der Waals surface area contributed by atoms with E-state index in [1.807, 2.05) is 24.3 Å². The summed E-state index contributed by atoms with van der Waals surface area (Å²) in [6.45, 7) is 2.05. The lowest BCUT2D eigenvalue weighted by atomic mass is 10.1. The van der Waals surface area contributed by atoms with E-state index in [9.17, 15) is 4.79 Å². The Labute approximate surface area is 195 Å². The second-order valence-corrected chi connectivity index (χ2v) is 9.66. The van der Waals surface area contributed by atoms with Crippen molar-refractivity contribution in [1.29, 1.82) is 0 Å². The van der Waals surface area contributed by atoms with Gasteiger partial charge in [-0.2, -0.15) is 5.10 Å². The number of rotatable bonds is 7. The first-order valence-corrected chi connectivity index (χ1v) is 12.6. The summed E-state index contributed by atoms with van der Waals surface area (Å²) in [5, 5.41) is 15.9. The number of nitrogens with zero attached hydrogens (tertiary/aromatic N) is 6. The molecule has 3 aromatic heterocycles. The van der Waals surface area contributed by atoms with E-state index >= 15 is 0 Å². The Morgan fingerprint density at radius 1 is 1.06 bits per heavy atom. The number of aromatic nitrogens is 3. The Bertz CT molecular complexity index is 1130. The van der Waals surface area contributed by atoms with Crippen LogP contribution in [-0.4, -0.2) is 50.2 Å². The Morgan fingerprint density at radius 2 is 1.88 bits per heavy atom. The van der Waals surface area contributed by atoms with Crippen LogP contribution in [0.1, 0.15) is 62.1 Å². The molecule has 1 atom stereocenters. The minimum absolute atomic E-state index is 0.0900. The number of amides is 1. The van der Waals surface area contributed by atoms with Crippen molar-refractivity contribution < 1.29 is 13.6 Å². The smallest absolute Gasteiger partial charge is 0.253 e. The minimum Gasteiger partial charge on any atom is -0.467 e. The van der Waals surface area contributed by atoms with E-state index in [0.29, 0.717) is 24.0 Å². The van der Waals surface area contributed by atoms with Gasteiger partial charge >= 0.3 is 0 Å². The summed E-state index contributed by atoms with van der Waals surface area (Å²) in [5.41, 5.74) is 0.744. The molecule has 0 aromatic carbocycles. The largest absolute Gasteiger partial charge is 0.467 e. The molecule has 2 fully saturated rings. The molecular formula is C23H26N6O3S. The zero-order chi connectivity index (χ0) is 22.2. The van der Waals surface area contributed by atoms with E-state index in [1.54, 1.807) is 12.5 Å². The molecule has 0 N–H and O–H groups in total. The molecule has 33 heavy (non-hydrogen) atoms. The molecule has 1 amide bonds. The van der Waals surface area contributed by atoms with Gasteiger partial charge in [-0.25, -0.2) is 5.01 Å². The van der Waals surface area contributed by atoms with Crippen molar-refractivity contribution in [2.75, 3.05) is 23.7 Å². The van der Waals surface area contributed by atoms with Crippen molar-refractivity contribution in [2.45, 2.75) is 55.8 Å². The molecule has 0 bridgehead atoms. The summed E-state index contributed by atoms with van der Waals surface area (Å²) in [4.78, 5) is 15.6. The second kappa shape index (κ2) is 8.74. The molecule has 6 rings (SSSR count). The van der Waals surface area contributed by atoms with Crippen molar-refractivity contribution in [1.82, 2.24) is 19.8 Å². The van der Waals surface area contributed by atoms with Crippen LogP contribution in [-0.2, 0) is 4.79 Å². The average Bonchev–Trinajstić information content (AvgIpc) is 3.34. The Balaban J connectivity index is 1.20. The van der Waals surface area contributed by atoms with Crippen LogP contribution < -0.4 is 4.90 Å². The number of hydrogen-bond acceptors (Lipinski definition) is 8. The Hall–Kier alpha value is -3.01. The quantitative estimate of drug-likeness (QED) is 0.480. The first kappa shape index (κ1) is 20.6. The number of thioether (sulfide) groups is 1. The number of anilines is 1. The van der Waals surface area contributed by atoms with Crippen molar-refractivity contribution in [2.24, 2.45) is 5.10 Å². The predicted molar refractivity (Wildman–Crippen MR) is 123 cm³/mol. The van der Waals surface area contributed by atoms with E-state index in [2.05, 4.69) is 24.8 Å². The van der Waals surface area contributed by atoms with Crippen LogP contribution in [0.25, 0.3) is 0 Å². The average molecular weight is 467 g/mol. The van der Waals surface area contributed by atoms with Gasteiger partial charge in [-0.3, -0.25) is 9.36 Å². The standard InChI is InChI=1S/C23H26N6O3S/c30-21(29-18(20-7-5-13-32-20)14-17(26-29)19-6-4-12-31-19)15-33-23-25-24-22(28(23)16-8-9-16)27-10-2-1-3-11-27/h4-7,12-13,16,18H,1-3,8-11,14-15H2. The van der Waals surface area contributed by atoms with Crippen LogP contribution in [0.2, 0.25) is 0 Å². The molecule has 1 saturated carbocycles. The van der Waals surface area contributed by atoms with E-state index in [1.165, 1.54) is 36.0 Å². The van der Waals surface area contributed by atoms with Crippen LogP contribution in [0.5, 0.6) is 0 Å². The van der Waals surface area contributed by atoms with Crippen molar-refractivity contribution >= 4 is 29.3 Å². The number of hydrazone groups is 1. The third-order valence-electron chi connectivity index (χ3n) is 6.37. The molecule has 1 saturated heterocycles. The van der Waals surface area contributed by atoms with Crippen LogP contribution in [0.3, 0.4) is 0 Å². The number of piperidine rings is 1. The van der Waals surface area contributed by atoms with E-state index in [-0.39, 0.29) is 17.7 Å². The SMILES string of the molecule is O=C(CSc1nnc(N2CCCCC2)n1C1CC1)N1N=C(c2ccco2)CC1c1ccco1. The Kier molecular flexibility index (Phi) is 5.45. The molecule has 10 heteroatoms. The molecule has 3 aromatic rings. The van der Waals surface area contributed by atoms with Crippen LogP contribution >= 0.6 is 11.8 Å². The molecular weight excluding hydrogens is 440 g/mol. The van der Waals surface area contributed by atoms with Gasteiger partial charge in [-0.15, -0.1) is 10.2 Å². The molecule has 172 valence electrons. The van der Waals surface area contributed by atoms with Crippen LogP contribution in [0.4, 0.5) is 5.95 Å². The van der Waals surface area contributed by atoms with Gasteiger partial charge in [0.15, 0.2) is 5.16 Å². The normalized spacial score (nSPS) is 21.0. The van der Waals surface area contributed by atoms with Crippen molar-refractivity contribution in [3.63, 3.8) is 0 Å². The molecule has 5 heterocycles. The van der Waals surface area contributed by atoms with Crippen molar-refractivity contribution in [3.8, 4) is 0 Å². The highest BCUT2D eigenvalue weighted by atomic mass is 32.2. The topological polar surface area (TPSA) is 92.9 Å². The lowest BCUT2D eigenvalue weighted by Gasteiger charge is -2.27. The third-order valence-corrected chi connectivity index (χ3v) is 7.29. The number of carbonyl (C=O) groups excluding carboxylic acids is 1. The molecule has 2 aliphatic heterocycles. The molecule has 0 spiro atoms. The summed E-state index contributed by atoms with van der Waals surface area (Å²) in [7, 11) is 0. The predicted octanol–water partition coefficient (Wildman–Crippen LogP) is 4.26. The van der Waals surface area contributed by atoms with Gasteiger partial charge in [0.05, 0.1) is 18.3 Å². The summed E-state index contributed by atoms with van der Waals surface area (Å²) >= 11 is 1.44. The summed E-state index contributed by atoms with van der Waals surface area (Å²) < 4.78 is 13.4. The fourth-order valence-electron chi connectivity index (χ4n) is 4.56.